The summed E-state index contributed by atoms with van der Waals surface area (Å²) in [5, 5.41) is 3.26. The Kier molecular flexibility index (Phi) is 4.26. The molecule has 0 spiro atoms. The largest absolute Gasteiger partial charge is 0.313 e. The van der Waals surface area contributed by atoms with Gasteiger partial charge in [-0.3, -0.25) is 0 Å². The fourth-order valence-electron chi connectivity index (χ4n) is 1.65. The van der Waals surface area contributed by atoms with Crippen molar-refractivity contribution in [1.29, 1.82) is 0 Å². The van der Waals surface area contributed by atoms with E-state index in [-0.39, 0.29) is 21.0 Å². The Balaban J connectivity index is 2.47. The topological polar surface area (TPSA) is 49.4 Å². The first-order chi connectivity index (χ1) is 8.34. The minimum absolute atomic E-state index is 0.0385. The van der Waals surface area contributed by atoms with Crippen LogP contribution in [0.1, 0.15) is 0 Å². The first-order valence-corrected chi connectivity index (χ1v) is 8.16. The van der Waals surface area contributed by atoms with Crippen molar-refractivity contribution in [2.24, 2.45) is 0 Å². The van der Waals surface area contributed by atoms with Crippen LogP contribution in [0, 0.1) is 0 Å². The molecule has 0 saturated carbocycles. The zero-order valence-electron chi connectivity index (χ0n) is 9.45. The molecule has 4 nitrogen and oxygen atoms in total. The van der Waals surface area contributed by atoms with E-state index in [1.165, 1.54) is 23.5 Å². The van der Waals surface area contributed by atoms with Crippen molar-refractivity contribution < 1.29 is 8.42 Å². The van der Waals surface area contributed by atoms with Crippen molar-refractivity contribution in [3.8, 4) is 0 Å². The van der Waals surface area contributed by atoms with E-state index in [0.29, 0.717) is 17.6 Å². The Morgan fingerprint density at radius 2 is 1.83 bits per heavy atom. The number of likely N-dealkylation sites (N-methyl/N-ethyl adjacent to an activating group) is 1. The molecule has 1 aliphatic rings. The molecule has 2 rings (SSSR count). The van der Waals surface area contributed by atoms with Gasteiger partial charge in [-0.2, -0.15) is 4.31 Å². The summed E-state index contributed by atoms with van der Waals surface area (Å²) < 4.78 is 26.8. The zero-order valence-corrected chi connectivity index (χ0v) is 13.4. The fourth-order valence-corrected chi connectivity index (χ4v) is 4.88. The number of hydrogen-bond donors (Lipinski definition) is 1. The standard InChI is InChI=1S/C10H11BrCl2N2O2S/c1-15(7-4-14-5-7)18(16,17)10-8(12)2-6(11)3-9(10)13/h2-3,7,14H,4-5H2,1H3. The van der Waals surface area contributed by atoms with E-state index in [1.54, 1.807) is 0 Å². The average Bonchev–Trinajstić information content (AvgIpc) is 2.11. The summed E-state index contributed by atoms with van der Waals surface area (Å²) in [7, 11) is -2.13. The Morgan fingerprint density at radius 1 is 1.33 bits per heavy atom. The first-order valence-electron chi connectivity index (χ1n) is 5.17. The van der Waals surface area contributed by atoms with Gasteiger partial charge in [-0.15, -0.1) is 0 Å². The molecule has 1 aliphatic heterocycles. The Labute approximate surface area is 124 Å². The Hall–Kier alpha value is 0.150. The highest BCUT2D eigenvalue weighted by molar-refractivity contribution is 9.10. The molecule has 0 aromatic heterocycles. The van der Waals surface area contributed by atoms with Gasteiger partial charge in [-0.1, -0.05) is 39.1 Å². The lowest BCUT2D eigenvalue weighted by Gasteiger charge is -2.35. The molecule has 100 valence electrons. The Morgan fingerprint density at radius 3 is 2.22 bits per heavy atom. The molecule has 1 aromatic carbocycles. The van der Waals surface area contributed by atoms with Crippen LogP contribution in [0.25, 0.3) is 0 Å². The molecule has 1 heterocycles. The van der Waals surface area contributed by atoms with Gasteiger partial charge in [0, 0.05) is 30.7 Å². The van der Waals surface area contributed by atoms with Gasteiger partial charge in [0.1, 0.15) is 4.90 Å². The summed E-state index contributed by atoms with van der Waals surface area (Å²) in [5.74, 6) is 0. The maximum Gasteiger partial charge on any atom is 0.246 e. The summed E-state index contributed by atoms with van der Waals surface area (Å²) in [6, 6.07) is 2.99. The van der Waals surface area contributed by atoms with E-state index in [2.05, 4.69) is 21.2 Å². The smallest absolute Gasteiger partial charge is 0.246 e. The van der Waals surface area contributed by atoms with Gasteiger partial charge < -0.3 is 5.32 Å². The zero-order chi connectivity index (χ0) is 13.5. The van der Waals surface area contributed by atoms with Gasteiger partial charge in [0.25, 0.3) is 0 Å². The molecule has 1 N–H and O–H groups in total. The third-order valence-corrected chi connectivity index (χ3v) is 6.16. The van der Waals surface area contributed by atoms with Crippen LogP contribution in [0.5, 0.6) is 0 Å². The van der Waals surface area contributed by atoms with Crippen LogP contribution in [0.2, 0.25) is 10.0 Å². The molecule has 18 heavy (non-hydrogen) atoms. The predicted molar refractivity (Wildman–Crippen MR) is 75.8 cm³/mol. The van der Waals surface area contributed by atoms with Crippen LogP contribution in [0.4, 0.5) is 0 Å². The quantitative estimate of drug-likeness (QED) is 0.884. The molecule has 1 fully saturated rings. The van der Waals surface area contributed by atoms with Gasteiger partial charge in [-0.25, -0.2) is 8.42 Å². The number of nitrogens with zero attached hydrogens (tertiary/aromatic N) is 1. The van der Waals surface area contributed by atoms with E-state index in [0.717, 1.165) is 0 Å². The molecular formula is C10H11BrCl2N2O2S. The highest BCUT2D eigenvalue weighted by atomic mass is 79.9. The second-order valence-corrected chi connectivity index (χ2v) is 7.70. The first kappa shape index (κ1) is 14.6. The lowest BCUT2D eigenvalue weighted by Crippen LogP contribution is -2.57. The average molecular weight is 374 g/mol. The number of nitrogens with one attached hydrogen (secondary N) is 1. The normalized spacial score (nSPS) is 16.9. The highest BCUT2D eigenvalue weighted by Gasteiger charge is 2.34. The van der Waals surface area contributed by atoms with E-state index >= 15 is 0 Å². The van der Waals surface area contributed by atoms with E-state index < -0.39 is 10.0 Å². The third-order valence-electron chi connectivity index (χ3n) is 2.87. The van der Waals surface area contributed by atoms with Crippen molar-refractivity contribution in [1.82, 2.24) is 9.62 Å². The molecular weight excluding hydrogens is 363 g/mol. The Bertz CT molecular complexity index is 552. The summed E-state index contributed by atoms with van der Waals surface area (Å²) >= 11 is 15.2. The van der Waals surface area contributed by atoms with Crippen molar-refractivity contribution in [3.63, 3.8) is 0 Å². The van der Waals surface area contributed by atoms with E-state index in [1.807, 2.05) is 0 Å². The van der Waals surface area contributed by atoms with Gasteiger partial charge in [0.15, 0.2) is 0 Å². The molecule has 0 bridgehead atoms. The number of benzene rings is 1. The van der Waals surface area contributed by atoms with E-state index in [9.17, 15) is 8.42 Å². The lowest BCUT2D eigenvalue weighted by atomic mass is 10.2. The molecule has 1 aromatic rings. The number of sulfonamides is 1. The predicted octanol–water partition coefficient (Wildman–Crippen LogP) is 2.35. The maximum absolute atomic E-state index is 12.4. The minimum Gasteiger partial charge on any atom is -0.313 e. The SMILES string of the molecule is CN(C1CNC1)S(=O)(=O)c1c(Cl)cc(Br)cc1Cl. The summed E-state index contributed by atoms with van der Waals surface area (Å²) in [4.78, 5) is -0.0385. The summed E-state index contributed by atoms with van der Waals surface area (Å²) in [6.07, 6.45) is 0. The lowest BCUT2D eigenvalue weighted by molar-refractivity contribution is 0.274. The maximum atomic E-state index is 12.4. The van der Waals surface area contributed by atoms with Crippen molar-refractivity contribution in [2.75, 3.05) is 20.1 Å². The number of hydrogen-bond acceptors (Lipinski definition) is 3. The van der Waals surface area contributed by atoms with Crippen LogP contribution >= 0.6 is 39.1 Å². The molecule has 0 radical (unpaired) electrons. The fraction of sp³-hybridized carbons (Fsp3) is 0.400. The van der Waals surface area contributed by atoms with Gasteiger partial charge in [-0.05, 0) is 12.1 Å². The second kappa shape index (κ2) is 5.26. The molecule has 0 amide bonds. The van der Waals surface area contributed by atoms with Gasteiger partial charge in [0.2, 0.25) is 10.0 Å². The highest BCUT2D eigenvalue weighted by Crippen LogP contribution is 2.35. The second-order valence-electron chi connectivity index (χ2n) is 4.03. The van der Waals surface area contributed by atoms with Crippen molar-refractivity contribution in [2.45, 2.75) is 10.9 Å². The molecule has 0 aliphatic carbocycles. The van der Waals surface area contributed by atoms with Crippen LogP contribution in [-0.2, 0) is 10.0 Å². The van der Waals surface area contributed by atoms with Crippen LogP contribution in [0.3, 0.4) is 0 Å². The molecule has 1 saturated heterocycles. The summed E-state index contributed by atoms with van der Waals surface area (Å²) in [5.41, 5.74) is 0. The molecule has 8 heteroatoms. The van der Waals surface area contributed by atoms with Crippen molar-refractivity contribution in [3.05, 3.63) is 26.7 Å². The number of halogens is 3. The summed E-state index contributed by atoms with van der Waals surface area (Å²) in [6.45, 7) is 1.28. The van der Waals surface area contributed by atoms with Crippen LogP contribution in [-0.4, -0.2) is 38.9 Å². The minimum atomic E-state index is -3.67. The van der Waals surface area contributed by atoms with Crippen LogP contribution < -0.4 is 5.32 Å². The molecule has 0 unspecified atom stereocenters. The molecule has 0 atom stereocenters. The van der Waals surface area contributed by atoms with Gasteiger partial charge in [0.05, 0.1) is 10.0 Å². The number of rotatable bonds is 3. The monoisotopic (exact) mass is 372 g/mol. The van der Waals surface area contributed by atoms with Gasteiger partial charge >= 0.3 is 0 Å². The van der Waals surface area contributed by atoms with Crippen LogP contribution in [0.15, 0.2) is 21.5 Å². The third kappa shape index (κ3) is 2.55. The van der Waals surface area contributed by atoms with E-state index in [4.69, 9.17) is 23.2 Å². The van der Waals surface area contributed by atoms with Crippen molar-refractivity contribution >= 4 is 49.2 Å².